The molecule has 1 unspecified atom stereocenters. The summed E-state index contributed by atoms with van der Waals surface area (Å²) in [5.74, 6) is 0.0706. The van der Waals surface area contributed by atoms with Crippen LogP contribution in [0.1, 0.15) is 43.3 Å². The average molecular weight is 428 g/mol. The first-order valence-corrected chi connectivity index (χ1v) is 10.6. The van der Waals surface area contributed by atoms with Crippen molar-refractivity contribution in [2.45, 2.75) is 51.7 Å². The summed E-state index contributed by atoms with van der Waals surface area (Å²) in [4.78, 5) is 21.5. The number of fused-ring (bicyclic) bond motifs is 2. The van der Waals surface area contributed by atoms with Crippen molar-refractivity contribution < 1.29 is 14.7 Å². The van der Waals surface area contributed by atoms with Gasteiger partial charge in [0.2, 0.25) is 0 Å². The molecule has 9 heteroatoms. The van der Waals surface area contributed by atoms with Crippen LogP contribution in [0.3, 0.4) is 0 Å². The van der Waals surface area contributed by atoms with Gasteiger partial charge in [-0.3, -0.25) is 0 Å². The smallest absolute Gasteiger partial charge is 0.407 e. The second kappa shape index (κ2) is 7.64. The average Bonchev–Trinajstić information content (AvgIpc) is 3.28. The summed E-state index contributed by atoms with van der Waals surface area (Å²) in [6.07, 6.45) is 2.03. The number of ether oxygens (including phenoxy) is 1. The van der Waals surface area contributed by atoms with Gasteiger partial charge in [-0.15, -0.1) is 11.3 Å². The molecule has 0 aliphatic heterocycles. The van der Waals surface area contributed by atoms with E-state index in [4.69, 9.17) is 20.7 Å². The van der Waals surface area contributed by atoms with Gasteiger partial charge in [-0.05, 0) is 45.7 Å². The summed E-state index contributed by atoms with van der Waals surface area (Å²) in [5, 5.41) is 16.8. The number of benzene rings is 1. The van der Waals surface area contributed by atoms with Crippen LogP contribution in [-0.2, 0) is 17.6 Å². The number of carbonyl (C=O) groups is 1. The minimum Gasteiger partial charge on any atom is -0.444 e. The molecule has 158 valence electrons. The van der Waals surface area contributed by atoms with Crippen LogP contribution in [0.2, 0.25) is 0 Å². The molecule has 2 aromatic heterocycles. The number of aromatic nitrogens is 2. The van der Waals surface area contributed by atoms with Crippen molar-refractivity contribution in [2.75, 3.05) is 0 Å². The number of hydrogen-bond acceptors (Lipinski definition) is 6. The molecule has 1 aromatic carbocycles. The van der Waals surface area contributed by atoms with Gasteiger partial charge in [-0.25, -0.2) is 9.78 Å². The zero-order chi connectivity index (χ0) is 21.5. The number of nitrogens with zero attached hydrogens (tertiary/aromatic N) is 2. The molecule has 1 atom stereocenters. The lowest BCUT2D eigenvalue weighted by molar-refractivity contribution is 0.0500. The highest BCUT2D eigenvalue weighted by atomic mass is 32.1. The van der Waals surface area contributed by atoms with Crippen molar-refractivity contribution in [1.82, 2.24) is 15.3 Å². The number of aryl methyl sites for hydroxylation is 1. The van der Waals surface area contributed by atoms with Crippen molar-refractivity contribution in [3.05, 3.63) is 40.4 Å². The molecule has 0 bridgehead atoms. The van der Waals surface area contributed by atoms with Crippen LogP contribution < -0.4 is 11.1 Å². The van der Waals surface area contributed by atoms with Gasteiger partial charge in [0.1, 0.15) is 10.6 Å². The Morgan fingerprint density at radius 1 is 1.40 bits per heavy atom. The highest BCUT2D eigenvalue weighted by molar-refractivity contribution is 7.15. The van der Waals surface area contributed by atoms with Crippen LogP contribution in [0, 0.1) is 0 Å². The lowest BCUT2D eigenvalue weighted by atomic mass is 9.98. The zero-order valence-corrected chi connectivity index (χ0v) is 18.0. The van der Waals surface area contributed by atoms with Gasteiger partial charge < -0.3 is 26.0 Å². The van der Waals surface area contributed by atoms with Crippen LogP contribution in [-0.4, -0.2) is 38.7 Å². The third kappa shape index (κ3) is 4.25. The Hall–Kier alpha value is -3.07. The molecule has 30 heavy (non-hydrogen) atoms. The van der Waals surface area contributed by atoms with Crippen molar-refractivity contribution >= 4 is 34.2 Å². The Kier molecular flexibility index (Phi) is 5.15. The Labute approximate surface area is 178 Å². The maximum Gasteiger partial charge on any atom is 0.407 e. The van der Waals surface area contributed by atoms with Crippen LogP contribution in [0.25, 0.3) is 21.6 Å². The second-order valence-corrected chi connectivity index (χ2v) is 9.53. The van der Waals surface area contributed by atoms with E-state index in [1.165, 1.54) is 4.88 Å². The molecule has 5 N–H and O–H groups in total. The lowest BCUT2D eigenvalue weighted by Gasteiger charge is -2.25. The van der Waals surface area contributed by atoms with Crippen LogP contribution in [0.4, 0.5) is 4.79 Å². The van der Waals surface area contributed by atoms with Crippen molar-refractivity contribution in [1.29, 1.82) is 0 Å². The first-order valence-electron chi connectivity index (χ1n) is 9.81. The van der Waals surface area contributed by atoms with E-state index in [1.54, 1.807) is 11.3 Å². The molecule has 1 aliphatic rings. The predicted molar refractivity (Wildman–Crippen MR) is 117 cm³/mol. The molecular formula is C21H25N5O3S. The monoisotopic (exact) mass is 427 g/mol. The number of H-pyrrole nitrogens is 1. The lowest BCUT2D eigenvalue weighted by Crippen LogP contribution is -2.41. The molecule has 1 amide bonds. The first-order chi connectivity index (χ1) is 14.2. The largest absolute Gasteiger partial charge is 0.444 e. The van der Waals surface area contributed by atoms with E-state index in [-0.39, 0.29) is 18.0 Å². The van der Waals surface area contributed by atoms with Gasteiger partial charge >= 0.3 is 6.09 Å². The van der Waals surface area contributed by atoms with Gasteiger partial charge in [-0.2, -0.15) is 0 Å². The summed E-state index contributed by atoms with van der Waals surface area (Å²) in [6, 6.07) is 7.69. The molecular weight excluding hydrogens is 402 g/mol. The van der Waals surface area contributed by atoms with E-state index >= 15 is 0 Å². The van der Waals surface area contributed by atoms with Crippen LogP contribution in [0.5, 0.6) is 0 Å². The summed E-state index contributed by atoms with van der Waals surface area (Å²) >= 11 is 1.64. The maximum atomic E-state index is 12.1. The van der Waals surface area contributed by atoms with Crippen molar-refractivity contribution in [3.8, 4) is 10.7 Å². The number of aromatic amines is 1. The van der Waals surface area contributed by atoms with Gasteiger partial charge in [0.25, 0.3) is 0 Å². The van der Waals surface area contributed by atoms with Gasteiger partial charge in [0.05, 0.1) is 11.4 Å². The number of amides is 1. The quantitative estimate of drug-likeness (QED) is 0.219. The predicted octanol–water partition coefficient (Wildman–Crippen LogP) is 3.77. The molecule has 1 aliphatic carbocycles. The molecule has 4 rings (SSSR count). The highest BCUT2D eigenvalue weighted by Crippen LogP contribution is 2.34. The number of thiazole rings is 1. The minimum absolute atomic E-state index is 0.0478. The van der Waals surface area contributed by atoms with E-state index in [9.17, 15) is 4.79 Å². The summed E-state index contributed by atoms with van der Waals surface area (Å²) in [6.45, 7) is 5.57. The Balaban J connectivity index is 1.52. The second-order valence-electron chi connectivity index (χ2n) is 8.45. The number of carbonyl (C=O) groups excluding carboxylic acids is 1. The Morgan fingerprint density at radius 3 is 2.93 bits per heavy atom. The highest BCUT2D eigenvalue weighted by Gasteiger charge is 2.26. The maximum absolute atomic E-state index is 12.1. The third-order valence-corrected chi connectivity index (χ3v) is 6.07. The standard InChI is InChI=1S/C21H25N5O3S/c1-21(2,3)29-20(27)23-13-6-7-14-17(10-13)30-19(25-14)16-8-11-4-5-12(18(22)26-28)9-15(11)24-16/h4-5,8-9,13,24,28H,6-7,10H2,1-3H3,(H2,22,26)(H,23,27). The Bertz CT molecular complexity index is 1130. The van der Waals surface area contributed by atoms with E-state index < -0.39 is 5.60 Å². The SMILES string of the molecule is CC(C)(C)OC(=O)NC1CCc2nc(-c3cc4ccc(/C(N)=N\O)cc4[nH]3)sc2C1. The first kappa shape index (κ1) is 20.2. The summed E-state index contributed by atoms with van der Waals surface area (Å²) in [5.41, 5.74) is 8.74. The minimum atomic E-state index is -0.509. The van der Waals surface area contributed by atoms with Gasteiger partial charge in [0.15, 0.2) is 5.84 Å². The van der Waals surface area contributed by atoms with Gasteiger partial charge in [0, 0.05) is 33.8 Å². The normalized spacial score (nSPS) is 17.0. The number of amidine groups is 1. The number of nitrogens with two attached hydrogens (primary N) is 1. The van der Waals surface area contributed by atoms with Crippen molar-refractivity contribution in [3.63, 3.8) is 0 Å². The molecule has 0 saturated heterocycles. The third-order valence-electron chi connectivity index (χ3n) is 4.92. The number of alkyl carbamates (subject to hydrolysis) is 1. The number of nitrogens with one attached hydrogen (secondary N) is 2. The van der Waals surface area contributed by atoms with Crippen LogP contribution in [0.15, 0.2) is 29.4 Å². The summed E-state index contributed by atoms with van der Waals surface area (Å²) < 4.78 is 5.37. The molecule has 2 heterocycles. The molecule has 3 aromatic rings. The van der Waals surface area contributed by atoms with E-state index in [1.807, 2.05) is 45.0 Å². The fourth-order valence-electron chi connectivity index (χ4n) is 3.55. The zero-order valence-electron chi connectivity index (χ0n) is 17.2. The molecule has 0 spiro atoms. The molecule has 8 nitrogen and oxygen atoms in total. The van der Waals surface area contributed by atoms with Crippen molar-refractivity contribution in [2.24, 2.45) is 10.9 Å². The van der Waals surface area contributed by atoms with E-state index in [2.05, 4.69) is 15.5 Å². The molecule has 0 fully saturated rings. The fraction of sp³-hybridized carbons (Fsp3) is 0.381. The van der Waals surface area contributed by atoms with Crippen LogP contribution >= 0.6 is 11.3 Å². The topological polar surface area (TPSA) is 126 Å². The Morgan fingerprint density at radius 2 is 2.20 bits per heavy atom. The van der Waals surface area contributed by atoms with E-state index in [0.29, 0.717) is 5.56 Å². The summed E-state index contributed by atoms with van der Waals surface area (Å²) in [7, 11) is 0. The fourth-order valence-corrected chi connectivity index (χ4v) is 4.71. The van der Waals surface area contributed by atoms with E-state index in [0.717, 1.165) is 46.6 Å². The number of rotatable bonds is 3. The number of hydrogen-bond donors (Lipinski definition) is 4. The number of oxime groups is 1. The molecule has 0 radical (unpaired) electrons. The van der Waals surface area contributed by atoms with Gasteiger partial charge in [-0.1, -0.05) is 17.3 Å². The molecule has 0 saturated carbocycles.